The zero-order valence-electron chi connectivity index (χ0n) is 29.5. The molecule has 2 unspecified atom stereocenters. The first kappa shape index (κ1) is 37.4. The summed E-state index contributed by atoms with van der Waals surface area (Å²) in [7, 11) is 0. The highest BCUT2D eigenvalue weighted by molar-refractivity contribution is 5.95. The number of carbonyl (C=O) groups excluding carboxylic acids is 5. The number of nitrogens with one attached hydrogen (secondary N) is 3. The molecule has 7 atom stereocenters. The normalized spacial score (nSPS) is 23.1. The number of fused-ring (bicyclic) bond motifs is 1. The number of aliphatic hydroxyl groups excluding tert-OH is 1. The standard InChI is InChI=1S/C37H56N4O7/c1-7-12-28(32(43)34(45)38-25-17-18-25)39-33(44)31-26-16-11-15-24(26)20-41(31)35(46)27(37(4,5)6)19-29(42)30(22(2)3)40-36(47)48-21-23-13-9-8-10-14-23/h8-10,13-14,22,24-28,30-32,43H,7,11-12,15-21H2,1-6H3,(H,38,45)(H,39,44)(H,40,47)/t24-,26-,27+,28?,30-,31-,32?/m0/s1. The number of ether oxygens (including phenoxy) is 1. The summed E-state index contributed by atoms with van der Waals surface area (Å²) >= 11 is 0. The third-order valence-electron chi connectivity index (χ3n) is 10.2. The first-order valence-corrected chi connectivity index (χ1v) is 17.8. The number of carbonyl (C=O) groups is 5. The van der Waals surface area contributed by atoms with Gasteiger partial charge in [0.15, 0.2) is 11.9 Å². The second-order valence-electron chi connectivity index (χ2n) is 15.4. The number of nitrogens with zero attached hydrogens (tertiary/aromatic N) is 1. The highest BCUT2D eigenvalue weighted by Crippen LogP contribution is 2.44. The van der Waals surface area contributed by atoms with Crippen LogP contribution in [-0.2, 0) is 30.5 Å². The molecule has 4 N–H and O–H groups in total. The van der Waals surface area contributed by atoms with E-state index in [1.807, 2.05) is 71.9 Å². The number of alkyl carbamates (subject to hydrolysis) is 1. The van der Waals surface area contributed by atoms with Crippen LogP contribution in [0.5, 0.6) is 0 Å². The van der Waals surface area contributed by atoms with Gasteiger partial charge in [-0.3, -0.25) is 19.2 Å². The van der Waals surface area contributed by atoms with Gasteiger partial charge in [-0.15, -0.1) is 0 Å². The number of ketones is 1. The Balaban J connectivity index is 1.48. The van der Waals surface area contributed by atoms with Crippen LogP contribution in [0, 0.1) is 29.1 Å². The minimum atomic E-state index is -1.39. The third kappa shape index (κ3) is 9.57. The fraction of sp³-hybridized carbons (Fsp3) is 0.703. The van der Waals surface area contributed by atoms with Crippen molar-refractivity contribution in [2.45, 2.75) is 130 Å². The van der Waals surface area contributed by atoms with Gasteiger partial charge >= 0.3 is 6.09 Å². The van der Waals surface area contributed by atoms with E-state index >= 15 is 0 Å². The molecule has 2 aliphatic carbocycles. The summed E-state index contributed by atoms with van der Waals surface area (Å²) in [5.74, 6) is -2.26. The monoisotopic (exact) mass is 668 g/mol. The Morgan fingerprint density at radius 3 is 2.29 bits per heavy atom. The molecular formula is C37H56N4O7. The van der Waals surface area contributed by atoms with E-state index in [1.54, 1.807) is 4.90 Å². The van der Waals surface area contributed by atoms with Gasteiger partial charge in [-0.25, -0.2) is 4.79 Å². The van der Waals surface area contributed by atoms with Crippen LogP contribution in [0.25, 0.3) is 0 Å². The van der Waals surface area contributed by atoms with Crippen LogP contribution >= 0.6 is 0 Å². The molecule has 3 fully saturated rings. The molecule has 4 amide bonds. The van der Waals surface area contributed by atoms with Gasteiger partial charge in [-0.2, -0.15) is 0 Å². The predicted molar refractivity (Wildman–Crippen MR) is 181 cm³/mol. The molecule has 11 nitrogen and oxygen atoms in total. The van der Waals surface area contributed by atoms with Gasteiger partial charge in [0.25, 0.3) is 5.91 Å². The molecule has 1 aromatic rings. The smallest absolute Gasteiger partial charge is 0.408 e. The average Bonchev–Trinajstić information content (AvgIpc) is 3.60. The van der Waals surface area contributed by atoms with Crippen molar-refractivity contribution in [3.63, 3.8) is 0 Å². The van der Waals surface area contributed by atoms with Crippen LogP contribution in [0.4, 0.5) is 4.79 Å². The van der Waals surface area contributed by atoms with Crippen LogP contribution < -0.4 is 16.0 Å². The second kappa shape index (κ2) is 16.3. The van der Waals surface area contributed by atoms with E-state index < -0.39 is 47.6 Å². The zero-order valence-corrected chi connectivity index (χ0v) is 29.5. The fourth-order valence-corrected chi connectivity index (χ4v) is 7.26. The van der Waals surface area contributed by atoms with Crippen molar-refractivity contribution in [2.24, 2.45) is 29.1 Å². The second-order valence-corrected chi connectivity index (χ2v) is 15.4. The molecule has 2 saturated carbocycles. The molecule has 0 bridgehead atoms. The van der Waals surface area contributed by atoms with Crippen molar-refractivity contribution < 1.29 is 33.8 Å². The molecule has 0 radical (unpaired) electrons. The van der Waals surface area contributed by atoms with Crippen LogP contribution in [0.15, 0.2) is 30.3 Å². The molecule has 1 saturated heterocycles. The van der Waals surface area contributed by atoms with Crippen LogP contribution in [0.1, 0.15) is 98.5 Å². The Morgan fingerprint density at radius 2 is 1.69 bits per heavy atom. The Bertz CT molecular complexity index is 1290. The molecule has 0 aromatic heterocycles. The number of benzene rings is 1. The summed E-state index contributed by atoms with van der Waals surface area (Å²) in [4.78, 5) is 69.5. The molecule has 1 heterocycles. The number of Topliss-reactive ketones (excluding diaryl/α,β-unsaturated/α-hetero) is 1. The summed E-state index contributed by atoms with van der Waals surface area (Å²) in [5, 5.41) is 19.4. The Kier molecular flexibility index (Phi) is 12.7. The molecule has 266 valence electrons. The quantitative estimate of drug-likeness (QED) is 0.219. The number of likely N-dealkylation sites (tertiary alicyclic amines) is 1. The largest absolute Gasteiger partial charge is 0.445 e. The predicted octanol–water partition coefficient (Wildman–Crippen LogP) is 4.11. The first-order chi connectivity index (χ1) is 22.7. The molecule has 1 aromatic carbocycles. The maximum Gasteiger partial charge on any atom is 0.408 e. The molecule has 0 spiro atoms. The number of aliphatic hydroxyl groups is 1. The SMILES string of the molecule is CCCC(NC(=O)[C@@H]1[C@H]2CCC[C@H]2CN1C(=O)[C@@H](CC(=O)[C@@H](NC(=O)OCc1ccccc1)C(C)C)C(C)(C)C)C(O)C(=O)NC1CC1. The van der Waals surface area contributed by atoms with Crippen molar-refractivity contribution >= 4 is 29.6 Å². The number of hydrogen-bond acceptors (Lipinski definition) is 7. The molecule has 11 heteroatoms. The van der Waals surface area contributed by atoms with Crippen LogP contribution in [-0.4, -0.2) is 76.4 Å². The first-order valence-electron chi connectivity index (χ1n) is 17.8. The van der Waals surface area contributed by atoms with Gasteiger partial charge in [0.1, 0.15) is 12.6 Å². The summed E-state index contributed by atoms with van der Waals surface area (Å²) in [6.45, 7) is 11.8. The van der Waals surface area contributed by atoms with Crippen LogP contribution in [0.3, 0.4) is 0 Å². The summed E-state index contributed by atoms with van der Waals surface area (Å²) in [6.07, 6.45) is 3.31. The van der Waals surface area contributed by atoms with Gasteiger partial charge in [0, 0.05) is 24.9 Å². The Hall–Kier alpha value is -3.47. The van der Waals surface area contributed by atoms with E-state index in [0.29, 0.717) is 19.4 Å². The van der Waals surface area contributed by atoms with E-state index in [9.17, 15) is 29.1 Å². The lowest BCUT2D eigenvalue weighted by atomic mass is 9.75. The van der Waals surface area contributed by atoms with E-state index in [4.69, 9.17) is 4.74 Å². The van der Waals surface area contributed by atoms with E-state index in [0.717, 1.165) is 37.7 Å². The molecule has 3 aliphatic rings. The van der Waals surface area contributed by atoms with Crippen molar-refractivity contribution in [2.75, 3.05) is 6.54 Å². The summed E-state index contributed by atoms with van der Waals surface area (Å²) < 4.78 is 5.38. The van der Waals surface area contributed by atoms with E-state index in [-0.39, 0.29) is 54.4 Å². The Labute approximate surface area is 285 Å². The lowest BCUT2D eigenvalue weighted by molar-refractivity contribution is -0.148. The van der Waals surface area contributed by atoms with Crippen molar-refractivity contribution in [1.29, 1.82) is 0 Å². The molecular weight excluding hydrogens is 612 g/mol. The highest BCUT2D eigenvalue weighted by atomic mass is 16.5. The van der Waals surface area contributed by atoms with Gasteiger partial charge in [-0.1, -0.05) is 84.7 Å². The molecule has 48 heavy (non-hydrogen) atoms. The van der Waals surface area contributed by atoms with Crippen molar-refractivity contribution in [3.8, 4) is 0 Å². The van der Waals surface area contributed by atoms with Crippen molar-refractivity contribution in [1.82, 2.24) is 20.9 Å². The van der Waals surface area contributed by atoms with E-state index in [1.165, 1.54) is 0 Å². The highest BCUT2D eigenvalue weighted by Gasteiger charge is 2.52. The van der Waals surface area contributed by atoms with Gasteiger partial charge in [0.2, 0.25) is 11.8 Å². The number of rotatable bonds is 15. The minimum absolute atomic E-state index is 0.0329. The zero-order chi connectivity index (χ0) is 35.2. The third-order valence-corrected chi connectivity index (χ3v) is 10.2. The van der Waals surface area contributed by atoms with Gasteiger partial charge in [0.05, 0.1) is 12.1 Å². The average molecular weight is 669 g/mol. The lowest BCUT2D eigenvalue weighted by Gasteiger charge is -2.37. The maximum atomic E-state index is 14.5. The minimum Gasteiger partial charge on any atom is -0.445 e. The van der Waals surface area contributed by atoms with Crippen LogP contribution in [0.2, 0.25) is 0 Å². The lowest BCUT2D eigenvalue weighted by Crippen LogP contribution is -2.57. The topological polar surface area (TPSA) is 154 Å². The van der Waals surface area contributed by atoms with Crippen molar-refractivity contribution in [3.05, 3.63) is 35.9 Å². The number of hydrogen-bond donors (Lipinski definition) is 4. The summed E-state index contributed by atoms with van der Waals surface area (Å²) in [6, 6.07) is 6.95. The van der Waals surface area contributed by atoms with Gasteiger partial charge in [-0.05, 0) is 60.8 Å². The maximum absolute atomic E-state index is 14.5. The Morgan fingerprint density at radius 1 is 1.00 bits per heavy atom. The van der Waals surface area contributed by atoms with E-state index in [2.05, 4.69) is 16.0 Å². The van der Waals surface area contributed by atoms with Gasteiger partial charge < -0.3 is 30.7 Å². The molecule has 1 aliphatic heterocycles. The number of amides is 4. The fourth-order valence-electron chi connectivity index (χ4n) is 7.26. The molecule has 4 rings (SSSR count). The summed E-state index contributed by atoms with van der Waals surface area (Å²) in [5.41, 5.74) is 0.201.